The summed E-state index contributed by atoms with van der Waals surface area (Å²) in [6.45, 7) is 3.14. The van der Waals surface area contributed by atoms with Crippen molar-refractivity contribution in [1.29, 1.82) is 0 Å². The minimum atomic E-state index is 0.301. The van der Waals surface area contributed by atoms with E-state index in [1.54, 1.807) is 0 Å². The molecular weight excluding hydrogens is 294 g/mol. The number of amides is 1. The highest BCUT2D eigenvalue weighted by atomic mass is 16.2. The molecule has 1 aliphatic heterocycles. The van der Waals surface area contributed by atoms with E-state index in [4.69, 9.17) is 0 Å². The van der Waals surface area contributed by atoms with E-state index < -0.39 is 0 Å². The second-order valence-corrected chi connectivity index (χ2v) is 8.88. The summed E-state index contributed by atoms with van der Waals surface area (Å²) in [5.41, 5.74) is 3.45. The van der Waals surface area contributed by atoms with Crippen LogP contribution in [-0.2, 0) is 11.2 Å². The number of rotatable bonds is 3. The fraction of sp³-hybridized carbons (Fsp3) is 0.682. The summed E-state index contributed by atoms with van der Waals surface area (Å²) in [6, 6.07) is 9.04. The maximum Gasteiger partial charge on any atom is 0.223 e. The quantitative estimate of drug-likeness (QED) is 0.787. The molecule has 0 aromatic heterocycles. The molecule has 0 radical (unpaired) electrons. The molecule has 5 unspecified atom stereocenters. The standard InChI is InChI=1S/C22H29NO/c1-2-20-19-6-4-3-5-16(19)9-10-23(20)21(24)12-17-8-7-15-11-18-14-22(17,18)13-15/h3-6,15,17-18,20H,2,7-14H2,1H3. The Labute approximate surface area is 145 Å². The van der Waals surface area contributed by atoms with Crippen molar-refractivity contribution in [2.45, 2.75) is 64.3 Å². The first-order chi connectivity index (χ1) is 11.7. The molecule has 2 heteroatoms. The zero-order chi connectivity index (χ0) is 16.3. The van der Waals surface area contributed by atoms with Crippen molar-refractivity contribution in [2.75, 3.05) is 6.54 Å². The van der Waals surface area contributed by atoms with Crippen molar-refractivity contribution in [3.05, 3.63) is 35.4 Å². The number of fused-ring (bicyclic) bond motifs is 2. The number of nitrogens with zero attached hydrogens (tertiary/aromatic N) is 1. The van der Waals surface area contributed by atoms with Gasteiger partial charge in [-0.05, 0) is 72.8 Å². The van der Waals surface area contributed by atoms with E-state index in [9.17, 15) is 4.79 Å². The van der Waals surface area contributed by atoms with Gasteiger partial charge in [0, 0.05) is 13.0 Å². The smallest absolute Gasteiger partial charge is 0.223 e. The minimum absolute atomic E-state index is 0.301. The van der Waals surface area contributed by atoms with Crippen molar-refractivity contribution in [1.82, 2.24) is 4.90 Å². The molecule has 5 atom stereocenters. The van der Waals surface area contributed by atoms with E-state index >= 15 is 0 Å². The molecule has 2 bridgehead atoms. The second kappa shape index (κ2) is 5.34. The average Bonchev–Trinajstić information content (AvgIpc) is 3.19. The summed E-state index contributed by atoms with van der Waals surface area (Å²) in [5.74, 6) is 3.10. The second-order valence-electron chi connectivity index (χ2n) is 8.88. The van der Waals surface area contributed by atoms with Crippen LogP contribution >= 0.6 is 0 Å². The van der Waals surface area contributed by atoms with Crippen molar-refractivity contribution in [3.63, 3.8) is 0 Å². The Bertz CT molecular complexity index is 668. The van der Waals surface area contributed by atoms with E-state index in [0.29, 0.717) is 23.3 Å². The monoisotopic (exact) mass is 323 g/mol. The highest BCUT2D eigenvalue weighted by Crippen LogP contribution is 2.73. The number of hydrogen-bond donors (Lipinski definition) is 0. The zero-order valence-corrected chi connectivity index (χ0v) is 14.8. The Morgan fingerprint density at radius 1 is 1.25 bits per heavy atom. The van der Waals surface area contributed by atoms with E-state index in [2.05, 4.69) is 36.1 Å². The highest BCUT2D eigenvalue weighted by molar-refractivity contribution is 5.77. The first-order valence-corrected chi connectivity index (χ1v) is 10.1. The summed E-state index contributed by atoms with van der Waals surface area (Å²) in [7, 11) is 0. The lowest BCUT2D eigenvalue weighted by Crippen LogP contribution is -2.41. The molecule has 3 aliphatic carbocycles. The number of hydrogen-bond acceptors (Lipinski definition) is 1. The van der Waals surface area contributed by atoms with Gasteiger partial charge in [0.15, 0.2) is 0 Å². The third kappa shape index (κ3) is 2.11. The van der Waals surface area contributed by atoms with Gasteiger partial charge >= 0.3 is 0 Å². The van der Waals surface area contributed by atoms with Gasteiger partial charge in [-0.2, -0.15) is 0 Å². The lowest BCUT2D eigenvalue weighted by atomic mass is 9.73. The molecule has 2 nitrogen and oxygen atoms in total. The minimum Gasteiger partial charge on any atom is -0.335 e. The molecule has 0 N–H and O–H groups in total. The Morgan fingerprint density at radius 2 is 2.12 bits per heavy atom. The molecule has 4 aliphatic rings. The van der Waals surface area contributed by atoms with Gasteiger partial charge in [0.1, 0.15) is 0 Å². The molecule has 5 rings (SSSR count). The molecule has 1 heterocycles. The molecule has 128 valence electrons. The van der Waals surface area contributed by atoms with Gasteiger partial charge in [-0.3, -0.25) is 4.79 Å². The Balaban J connectivity index is 1.34. The third-order valence-corrected chi connectivity index (χ3v) is 7.84. The fourth-order valence-electron chi connectivity index (χ4n) is 6.63. The van der Waals surface area contributed by atoms with Crippen LogP contribution < -0.4 is 0 Å². The molecular formula is C22H29NO. The van der Waals surface area contributed by atoms with Crippen LogP contribution in [0.4, 0.5) is 0 Å². The van der Waals surface area contributed by atoms with Crippen molar-refractivity contribution in [2.24, 2.45) is 23.2 Å². The van der Waals surface area contributed by atoms with Gasteiger partial charge in [-0.25, -0.2) is 0 Å². The first kappa shape index (κ1) is 15.0. The summed E-state index contributed by atoms with van der Waals surface area (Å²) >= 11 is 0. The predicted molar refractivity (Wildman–Crippen MR) is 95.5 cm³/mol. The number of carbonyl (C=O) groups is 1. The van der Waals surface area contributed by atoms with Gasteiger partial charge < -0.3 is 4.90 Å². The molecule has 1 aromatic carbocycles. The number of benzene rings is 1. The van der Waals surface area contributed by atoms with Crippen LogP contribution in [0.3, 0.4) is 0 Å². The zero-order valence-electron chi connectivity index (χ0n) is 14.8. The molecule has 3 fully saturated rings. The van der Waals surface area contributed by atoms with Crippen LogP contribution in [0.5, 0.6) is 0 Å². The first-order valence-electron chi connectivity index (χ1n) is 10.1. The van der Waals surface area contributed by atoms with Crippen LogP contribution in [0.15, 0.2) is 24.3 Å². The predicted octanol–water partition coefficient (Wildman–Crippen LogP) is 4.74. The Morgan fingerprint density at radius 3 is 3.00 bits per heavy atom. The van der Waals surface area contributed by atoms with Crippen molar-refractivity contribution in [3.8, 4) is 0 Å². The van der Waals surface area contributed by atoms with Gasteiger partial charge in [0.25, 0.3) is 0 Å². The third-order valence-electron chi connectivity index (χ3n) is 7.84. The maximum absolute atomic E-state index is 13.2. The average molecular weight is 323 g/mol. The molecule has 1 aromatic rings. The van der Waals surface area contributed by atoms with E-state index in [0.717, 1.165) is 37.6 Å². The van der Waals surface area contributed by atoms with E-state index in [1.807, 2.05) is 0 Å². The molecule has 3 saturated carbocycles. The van der Waals surface area contributed by atoms with Crippen molar-refractivity contribution < 1.29 is 4.79 Å². The molecule has 1 amide bonds. The van der Waals surface area contributed by atoms with Crippen LogP contribution in [0.25, 0.3) is 0 Å². The highest BCUT2D eigenvalue weighted by Gasteiger charge is 2.65. The van der Waals surface area contributed by atoms with Crippen LogP contribution in [0.1, 0.15) is 69.0 Å². The van der Waals surface area contributed by atoms with E-state index in [-0.39, 0.29) is 0 Å². The van der Waals surface area contributed by atoms with Crippen LogP contribution in [0.2, 0.25) is 0 Å². The van der Waals surface area contributed by atoms with Gasteiger partial charge in [0.2, 0.25) is 5.91 Å². The van der Waals surface area contributed by atoms with Crippen molar-refractivity contribution >= 4 is 5.91 Å². The Hall–Kier alpha value is -1.31. The fourth-order valence-corrected chi connectivity index (χ4v) is 6.63. The van der Waals surface area contributed by atoms with Gasteiger partial charge in [-0.15, -0.1) is 0 Å². The SMILES string of the molecule is CCC1c2ccccc2CCN1C(=O)CC1CCC2CC3CC13C2. The van der Waals surface area contributed by atoms with Crippen LogP contribution in [-0.4, -0.2) is 17.4 Å². The number of carbonyl (C=O) groups excluding carboxylic acids is 1. The van der Waals surface area contributed by atoms with Gasteiger partial charge in [-0.1, -0.05) is 37.6 Å². The summed E-state index contributed by atoms with van der Waals surface area (Å²) in [6.07, 6.45) is 9.92. The topological polar surface area (TPSA) is 20.3 Å². The Kier molecular flexibility index (Phi) is 3.34. The molecule has 0 saturated heterocycles. The molecule has 24 heavy (non-hydrogen) atoms. The summed E-state index contributed by atoms with van der Waals surface area (Å²) in [5, 5.41) is 0. The molecule has 1 spiro atoms. The van der Waals surface area contributed by atoms with Crippen LogP contribution in [0, 0.1) is 23.2 Å². The largest absolute Gasteiger partial charge is 0.335 e. The summed E-state index contributed by atoms with van der Waals surface area (Å²) in [4.78, 5) is 15.4. The summed E-state index contributed by atoms with van der Waals surface area (Å²) < 4.78 is 0. The van der Waals surface area contributed by atoms with E-state index in [1.165, 1.54) is 43.2 Å². The maximum atomic E-state index is 13.2. The lowest BCUT2D eigenvalue weighted by Gasteiger charge is -2.39. The van der Waals surface area contributed by atoms with Gasteiger partial charge in [0.05, 0.1) is 6.04 Å². The lowest BCUT2D eigenvalue weighted by molar-refractivity contribution is -0.136. The normalized spacial score (nSPS) is 39.3.